The lowest BCUT2D eigenvalue weighted by Gasteiger charge is -2.32. The van der Waals surface area contributed by atoms with Gasteiger partial charge in [0.15, 0.2) is 0 Å². The minimum absolute atomic E-state index is 0.0853. The molecule has 15 nitrogen and oxygen atoms in total. The van der Waals surface area contributed by atoms with Gasteiger partial charge in [0, 0.05) is 43.3 Å². The molecule has 0 aliphatic carbocycles. The van der Waals surface area contributed by atoms with E-state index in [2.05, 4.69) is 0 Å². The van der Waals surface area contributed by atoms with Gasteiger partial charge in [-0.3, -0.25) is 29.0 Å². The molecule has 308 valence electrons. The van der Waals surface area contributed by atoms with Crippen LogP contribution in [0.3, 0.4) is 0 Å². The van der Waals surface area contributed by atoms with E-state index in [1.165, 1.54) is 6.07 Å². The van der Waals surface area contributed by atoms with Gasteiger partial charge in [-0.1, -0.05) is 0 Å². The Bertz CT molecular complexity index is 1580. The molecule has 1 heterocycles. The standard InChI is InChI=1S/C40H61N3O12/c1-14-50-35(48)29-21-27-15-16-28(22-30(27)51-36(29)49)43(19-17-41(23-31(44)52-37(2,3)4)24-32(45)53-38(5,6)7)20-18-42(25-33(46)54-39(8,9)10)26-34(47)55-40(11,12)13/h15-16,21-22H,14,17-20,23-26H2,1-13H3. The van der Waals surface area contributed by atoms with Crippen LogP contribution in [0.15, 0.2) is 33.5 Å². The molecule has 0 aliphatic rings. The van der Waals surface area contributed by atoms with Crippen molar-refractivity contribution in [2.75, 3.05) is 63.9 Å². The molecule has 0 saturated heterocycles. The lowest BCUT2D eigenvalue weighted by molar-refractivity contribution is -0.162. The highest BCUT2D eigenvalue weighted by Crippen LogP contribution is 2.23. The highest BCUT2D eigenvalue weighted by atomic mass is 16.6. The number of hydrogen-bond donors (Lipinski definition) is 0. The van der Waals surface area contributed by atoms with Crippen LogP contribution in [-0.2, 0) is 42.9 Å². The topological polar surface area (TPSA) is 171 Å². The van der Waals surface area contributed by atoms with Gasteiger partial charge in [-0.05, 0) is 108 Å². The second-order valence-corrected chi connectivity index (χ2v) is 17.1. The van der Waals surface area contributed by atoms with E-state index in [1.807, 2.05) is 4.90 Å². The van der Waals surface area contributed by atoms with Gasteiger partial charge >= 0.3 is 35.5 Å². The van der Waals surface area contributed by atoms with Crippen LogP contribution in [0.25, 0.3) is 11.0 Å². The van der Waals surface area contributed by atoms with Gasteiger partial charge < -0.3 is 33.0 Å². The summed E-state index contributed by atoms with van der Waals surface area (Å²) in [7, 11) is 0. The Balaban J connectivity index is 2.55. The fraction of sp³-hybridized carbons (Fsp3) is 0.650. The smallest absolute Gasteiger partial charge is 0.351 e. The summed E-state index contributed by atoms with van der Waals surface area (Å²) in [4.78, 5) is 82.1. The van der Waals surface area contributed by atoms with Gasteiger partial charge in [-0.15, -0.1) is 0 Å². The second kappa shape index (κ2) is 19.4. The Morgan fingerprint density at radius 2 is 0.964 bits per heavy atom. The average Bonchev–Trinajstić information content (AvgIpc) is 2.96. The van der Waals surface area contributed by atoms with Crippen molar-refractivity contribution in [3.63, 3.8) is 0 Å². The molecule has 2 aromatic rings. The molecular weight excluding hydrogens is 714 g/mol. The quantitative estimate of drug-likeness (QED) is 0.122. The number of carbonyl (C=O) groups excluding carboxylic acids is 5. The molecule has 15 heteroatoms. The Hall–Kier alpha value is -4.50. The summed E-state index contributed by atoms with van der Waals surface area (Å²) in [5.41, 5.74) is -3.36. The molecule has 0 N–H and O–H groups in total. The number of anilines is 1. The number of hydrogen-bond acceptors (Lipinski definition) is 15. The van der Waals surface area contributed by atoms with Gasteiger partial charge in [0.2, 0.25) is 0 Å². The highest BCUT2D eigenvalue weighted by molar-refractivity contribution is 5.93. The predicted octanol–water partition coefficient (Wildman–Crippen LogP) is 4.75. The van der Waals surface area contributed by atoms with E-state index in [1.54, 1.807) is 118 Å². The normalized spacial score (nSPS) is 12.4. The Labute approximate surface area is 324 Å². The van der Waals surface area contributed by atoms with Crippen molar-refractivity contribution < 1.29 is 52.1 Å². The molecule has 55 heavy (non-hydrogen) atoms. The first-order chi connectivity index (χ1) is 25.1. The van der Waals surface area contributed by atoms with Crippen LogP contribution in [0, 0.1) is 0 Å². The molecule has 0 fully saturated rings. The van der Waals surface area contributed by atoms with E-state index in [-0.39, 0.29) is 70.1 Å². The summed E-state index contributed by atoms with van der Waals surface area (Å²) in [5, 5.41) is 0.472. The first kappa shape index (κ1) is 46.7. The molecule has 0 amide bonds. The number of rotatable bonds is 17. The van der Waals surface area contributed by atoms with E-state index in [9.17, 15) is 28.8 Å². The van der Waals surface area contributed by atoms with Crippen molar-refractivity contribution in [3.05, 3.63) is 40.2 Å². The zero-order valence-electron chi connectivity index (χ0n) is 34.9. The molecular formula is C40H61N3O12. The summed E-state index contributed by atoms with van der Waals surface area (Å²) < 4.78 is 32.7. The number of carbonyl (C=O) groups is 5. The maximum Gasteiger partial charge on any atom is 0.351 e. The predicted molar refractivity (Wildman–Crippen MR) is 207 cm³/mol. The number of nitrogens with zero attached hydrogens (tertiary/aromatic N) is 3. The summed E-state index contributed by atoms with van der Waals surface area (Å²) in [6, 6.07) is 6.47. The zero-order valence-corrected chi connectivity index (χ0v) is 34.9. The minimum atomic E-state index is -0.864. The van der Waals surface area contributed by atoms with Gasteiger partial charge in [-0.25, -0.2) is 9.59 Å². The summed E-state index contributed by atoms with van der Waals surface area (Å²) in [6.07, 6.45) is 0. The molecule has 0 unspecified atom stereocenters. The molecule has 0 aliphatic heterocycles. The lowest BCUT2D eigenvalue weighted by atomic mass is 10.1. The average molecular weight is 776 g/mol. The molecule has 0 saturated carbocycles. The van der Waals surface area contributed by atoms with Crippen molar-refractivity contribution >= 4 is 46.5 Å². The van der Waals surface area contributed by atoms with Crippen molar-refractivity contribution in [3.8, 4) is 0 Å². The van der Waals surface area contributed by atoms with E-state index < -0.39 is 57.9 Å². The molecule has 1 aromatic heterocycles. The molecule has 0 spiro atoms. The Morgan fingerprint density at radius 1 is 0.582 bits per heavy atom. The van der Waals surface area contributed by atoms with Crippen LogP contribution in [0.4, 0.5) is 5.69 Å². The number of benzene rings is 1. The molecule has 2 rings (SSSR count). The van der Waals surface area contributed by atoms with Crippen molar-refractivity contribution in [1.82, 2.24) is 9.80 Å². The Kier molecular flexibility index (Phi) is 16.4. The van der Waals surface area contributed by atoms with Crippen LogP contribution in [0.5, 0.6) is 0 Å². The van der Waals surface area contributed by atoms with Crippen LogP contribution in [0.2, 0.25) is 0 Å². The summed E-state index contributed by atoms with van der Waals surface area (Å²) in [6.45, 7) is 22.6. The van der Waals surface area contributed by atoms with Gasteiger partial charge in [-0.2, -0.15) is 0 Å². The van der Waals surface area contributed by atoms with E-state index >= 15 is 0 Å². The number of ether oxygens (including phenoxy) is 5. The lowest BCUT2D eigenvalue weighted by Crippen LogP contribution is -2.46. The van der Waals surface area contributed by atoms with E-state index in [0.29, 0.717) is 11.1 Å². The minimum Gasteiger partial charge on any atom is -0.462 e. The van der Waals surface area contributed by atoms with Gasteiger partial charge in [0.25, 0.3) is 0 Å². The largest absolute Gasteiger partial charge is 0.462 e. The fourth-order valence-corrected chi connectivity index (χ4v) is 5.20. The maximum absolute atomic E-state index is 13.0. The monoisotopic (exact) mass is 775 g/mol. The summed E-state index contributed by atoms with van der Waals surface area (Å²) >= 11 is 0. The molecule has 0 radical (unpaired) electrons. The second-order valence-electron chi connectivity index (χ2n) is 17.1. The van der Waals surface area contributed by atoms with Crippen LogP contribution >= 0.6 is 0 Å². The number of fused-ring (bicyclic) bond motifs is 1. The fourth-order valence-electron chi connectivity index (χ4n) is 5.20. The van der Waals surface area contributed by atoms with E-state index in [4.69, 9.17) is 28.1 Å². The van der Waals surface area contributed by atoms with Gasteiger partial charge in [0.1, 0.15) is 33.6 Å². The third kappa shape index (κ3) is 18.6. The summed E-state index contributed by atoms with van der Waals surface area (Å²) in [5.74, 6) is -2.93. The first-order valence-corrected chi connectivity index (χ1v) is 18.4. The van der Waals surface area contributed by atoms with Crippen LogP contribution in [0.1, 0.15) is 100 Å². The zero-order chi connectivity index (χ0) is 41.9. The first-order valence-electron chi connectivity index (χ1n) is 18.4. The van der Waals surface area contributed by atoms with Crippen molar-refractivity contribution in [2.24, 2.45) is 0 Å². The van der Waals surface area contributed by atoms with Crippen molar-refractivity contribution in [1.29, 1.82) is 0 Å². The molecule has 1 aromatic carbocycles. The van der Waals surface area contributed by atoms with Crippen molar-refractivity contribution in [2.45, 2.75) is 112 Å². The Morgan fingerprint density at radius 3 is 1.31 bits per heavy atom. The van der Waals surface area contributed by atoms with Crippen LogP contribution in [-0.4, -0.2) is 121 Å². The third-order valence-corrected chi connectivity index (χ3v) is 7.04. The highest BCUT2D eigenvalue weighted by Gasteiger charge is 2.27. The SMILES string of the molecule is CCOC(=O)c1cc2ccc(N(CCN(CC(=O)OC(C)(C)C)CC(=O)OC(C)(C)C)CCN(CC(=O)OC(C)(C)C)CC(=O)OC(C)(C)C)cc2oc1=O. The molecule has 0 atom stereocenters. The number of esters is 5. The van der Waals surface area contributed by atoms with E-state index in [0.717, 1.165) is 0 Å². The van der Waals surface area contributed by atoms with Gasteiger partial charge in [0.05, 0.1) is 32.8 Å². The maximum atomic E-state index is 13.0. The van der Waals surface area contributed by atoms with Crippen LogP contribution < -0.4 is 10.5 Å². The third-order valence-electron chi connectivity index (χ3n) is 7.04. The molecule has 0 bridgehead atoms.